The molecule has 0 aliphatic carbocycles. The van der Waals surface area contributed by atoms with Crippen LogP contribution in [0.4, 0.5) is 0 Å². The van der Waals surface area contributed by atoms with E-state index >= 15 is 0 Å². The number of benzene rings is 2. The fourth-order valence-corrected chi connectivity index (χ4v) is 3.36. The lowest BCUT2D eigenvalue weighted by Gasteiger charge is -2.28. The average Bonchev–Trinajstić information content (AvgIpc) is 3.17. The van der Waals surface area contributed by atoms with E-state index in [1.165, 1.54) is 0 Å². The SMILES string of the molecule is Cc1ccc(CN(C(=O)CC(NC(=O)c2ccccc2)c2ccccc2)C(C)C)o1. The smallest absolute Gasteiger partial charge is 0.251 e. The summed E-state index contributed by atoms with van der Waals surface area (Å²) in [7, 11) is 0. The topological polar surface area (TPSA) is 62.6 Å². The van der Waals surface area contributed by atoms with Gasteiger partial charge in [0.1, 0.15) is 11.5 Å². The average molecular weight is 405 g/mol. The molecule has 1 atom stereocenters. The van der Waals surface area contributed by atoms with Gasteiger partial charge in [-0.15, -0.1) is 0 Å². The van der Waals surface area contributed by atoms with Gasteiger partial charge in [-0.1, -0.05) is 48.5 Å². The van der Waals surface area contributed by atoms with Crippen LogP contribution >= 0.6 is 0 Å². The van der Waals surface area contributed by atoms with Crippen molar-refractivity contribution in [3.05, 3.63) is 95.4 Å². The molecule has 0 aliphatic rings. The third-order valence-electron chi connectivity index (χ3n) is 4.99. The Hall–Kier alpha value is -3.34. The first-order valence-corrected chi connectivity index (χ1v) is 10.2. The summed E-state index contributed by atoms with van der Waals surface area (Å²) in [5.74, 6) is 1.33. The second-order valence-corrected chi connectivity index (χ2v) is 7.63. The molecule has 0 spiro atoms. The molecule has 0 saturated heterocycles. The number of hydrogen-bond donors (Lipinski definition) is 1. The molecule has 1 heterocycles. The summed E-state index contributed by atoms with van der Waals surface area (Å²) in [6.07, 6.45) is 0.167. The summed E-state index contributed by atoms with van der Waals surface area (Å²) < 4.78 is 5.66. The summed E-state index contributed by atoms with van der Waals surface area (Å²) >= 11 is 0. The van der Waals surface area contributed by atoms with Crippen LogP contribution in [0.3, 0.4) is 0 Å². The molecule has 0 aliphatic heterocycles. The summed E-state index contributed by atoms with van der Waals surface area (Å²) in [6, 6.07) is 22.0. The van der Waals surface area contributed by atoms with Crippen molar-refractivity contribution in [3.63, 3.8) is 0 Å². The fourth-order valence-electron chi connectivity index (χ4n) is 3.36. The van der Waals surface area contributed by atoms with Gasteiger partial charge in [0.15, 0.2) is 0 Å². The number of furan rings is 1. The van der Waals surface area contributed by atoms with E-state index in [1.807, 2.05) is 81.4 Å². The quantitative estimate of drug-likeness (QED) is 0.582. The molecule has 0 fully saturated rings. The van der Waals surface area contributed by atoms with Crippen LogP contribution in [0.1, 0.15) is 53.8 Å². The van der Waals surface area contributed by atoms with Gasteiger partial charge in [0, 0.05) is 11.6 Å². The maximum absolute atomic E-state index is 13.2. The highest BCUT2D eigenvalue weighted by molar-refractivity contribution is 5.94. The standard InChI is InChI=1S/C25H28N2O3/c1-18(2)27(17-22-15-14-19(3)30-22)24(28)16-23(20-10-6-4-7-11-20)26-25(29)21-12-8-5-9-13-21/h4-15,18,23H,16-17H2,1-3H3,(H,26,29). The first-order valence-electron chi connectivity index (χ1n) is 10.2. The summed E-state index contributed by atoms with van der Waals surface area (Å²) in [5, 5.41) is 3.03. The number of hydrogen-bond acceptors (Lipinski definition) is 3. The van der Waals surface area contributed by atoms with Gasteiger partial charge < -0.3 is 14.6 Å². The van der Waals surface area contributed by atoms with Crippen molar-refractivity contribution in [2.24, 2.45) is 0 Å². The van der Waals surface area contributed by atoms with Crippen LogP contribution in [0, 0.1) is 6.92 Å². The highest BCUT2D eigenvalue weighted by atomic mass is 16.3. The molecule has 2 amide bonds. The van der Waals surface area contributed by atoms with Gasteiger partial charge in [-0.3, -0.25) is 9.59 Å². The Balaban J connectivity index is 1.78. The third-order valence-corrected chi connectivity index (χ3v) is 4.99. The van der Waals surface area contributed by atoms with E-state index in [1.54, 1.807) is 17.0 Å². The van der Waals surface area contributed by atoms with Crippen LogP contribution in [-0.4, -0.2) is 22.8 Å². The van der Waals surface area contributed by atoms with Crippen molar-refractivity contribution in [3.8, 4) is 0 Å². The minimum absolute atomic E-state index is 0.00385. The highest BCUT2D eigenvalue weighted by Crippen LogP contribution is 2.21. The van der Waals surface area contributed by atoms with Gasteiger partial charge in [0.2, 0.25) is 5.91 Å². The van der Waals surface area contributed by atoms with Crippen molar-refractivity contribution in [2.75, 3.05) is 0 Å². The lowest BCUT2D eigenvalue weighted by molar-refractivity contribution is -0.134. The maximum atomic E-state index is 13.2. The molecule has 1 N–H and O–H groups in total. The maximum Gasteiger partial charge on any atom is 0.251 e. The summed E-state index contributed by atoms with van der Waals surface area (Å²) in [5.41, 5.74) is 1.46. The third kappa shape index (κ3) is 5.60. The number of rotatable bonds is 8. The van der Waals surface area contributed by atoms with Crippen molar-refractivity contribution in [1.29, 1.82) is 0 Å². The number of carbonyl (C=O) groups is 2. The zero-order valence-corrected chi connectivity index (χ0v) is 17.7. The Kier molecular flexibility index (Phi) is 7.07. The number of carbonyl (C=O) groups excluding carboxylic acids is 2. The Morgan fingerprint density at radius 2 is 1.57 bits per heavy atom. The molecule has 156 valence electrons. The van der Waals surface area contributed by atoms with E-state index in [0.717, 1.165) is 17.1 Å². The van der Waals surface area contributed by atoms with Crippen molar-refractivity contribution < 1.29 is 14.0 Å². The largest absolute Gasteiger partial charge is 0.464 e. The van der Waals surface area contributed by atoms with E-state index in [4.69, 9.17) is 4.42 Å². The zero-order valence-electron chi connectivity index (χ0n) is 17.7. The van der Waals surface area contributed by atoms with Crippen molar-refractivity contribution in [2.45, 2.75) is 45.8 Å². The second kappa shape index (κ2) is 9.92. The predicted molar refractivity (Wildman–Crippen MR) is 117 cm³/mol. The molecule has 5 heteroatoms. The Morgan fingerprint density at radius 3 is 2.13 bits per heavy atom. The Morgan fingerprint density at radius 1 is 0.933 bits per heavy atom. The van der Waals surface area contributed by atoms with E-state index in [9.17, 15) is 9.59 Å². The van der Waals surface area contributed by atoms with Crippen LogP contribution in [0.25, 0.3) is 0 Å². The van der Waals surface area contributed by atoms with Crippen molar-refractivity contribution in [1.82, 2.24) is 10.2 Å². The number of nitrogens with zero attached hydrogens (tertiary/aromatic N) is 1. The predicted octanol–water partition coefficient (Wildman–Crippen LogP) is 4.89. The minimum atomic E-state index is -0.425. The lowest BCUT2D eigenvalue weighted by atomic mass is 10.0. The number of amides is 2. The van der Waals surface area contributed by atoms with Gasteiger partial charge in [0.25, 0.3) is 5.91 Å². The number of nitrogens with one attached hydrogen (secondary N) is 1. The normalized spacial score (nSPS) is 11.9. The van der Waals surface area contributed by atoms with Crippen LogP contribution in [0.2, 0.25) is 0 Å². The van der Waals surface area contributed by atoms with E-state index < -0.39 is 6.04 Å². The van der Waals surface area contributed by atoms with Gasteiger partial charge in [-0.05, 0) is 50.6 Å². The molecule has 0 saturated carbocycles. The number of aryl methyl sites for hydroxylation is 1. The molecule has 1 aromatic heterocycles. The molecule has 0 radical (unpaired) electrons. The van der Waals surface area contributed by atoms with Crippen LogP contribution < -0.4 is 5.32 Å². The van der Waals surface area contributed by atoms with Crippen LogP contribution in [0.5, 0.6) is 0 Å². The minimum Gasteiger partial charge on any atom is -0.464 e. The molecule has 1 unspecified atom stereocenters. The monoisotopic (exact) mass is 404 g/mol. The molecule has 2 aromatic carbocycles. The molecule has 5 nitrogen and oxygen atoms in total. The van der Waals surface area contributed by atoms with Crippen molar-refractivity contribution >= 4 is 11.8 Å². The molecule has 0 bridgehead atoms. The zero-order chi connectivity index (χ0) is 21.5. The fraction of sp³-hybridized carbons (Fsp3) is 0.280. The van der Waals surface area contributed by atoms with Gasteiger partial charge in [-0.25, -0.2) is 0 Å². The van der Waals surface area contributed by atoms with E-state index in [2.05, 4.69) is 5.32 Å². The summed E-state index contributed by atoms with van der Waals surface area (Å²) in [6.45, 7) is 6.25. The van der Waals surface area contributed by atoms with Gasteiger partial charge in [0.05, 0.1) is 19.0 Å². The second-order valence-electron chi connectivity index (χ2n) is 7.63. The lowest BCUT2D eigenvalue weighted by Crippen LogP contribution is -2.39. The highest BCUT2D eigenvalue weighted by Gasteiger charge is 2.25. The molecule has 3 rings (SSSR count). The molecular formula is C25H28N2O3. The molecular weight excluding hydrogens is 376 g/mol. The van der Waals surface area contributed by atoms with Crippen LogP contribution in [-0.2, 0) is 11.3 Å². The molecule has 3 aromatic rings. The Bertz CT molecular complexity index is 964. The van der Waals surface area contributed by atoms with E-state index in [-0.39, 0.29) is 24.3 Å². The van der Waals surface area contributed by atoms with Crippen LogP contribution in [0.15, 0.2) is 77.2 Å². The summed E-state index contributed by atoms with van der Waals surface area (Å²) in [4.78, 5) is 27.8. The van der Waals surface area contributed by atoms with Gasteiger partial charge in [-0.2, -0.15) is 0 Å². The first-order chi connectivity index (χ1) is 14.4. The van der Waals surface area contributed by atoms with Gasteiger partial charge >= 0.3 is 0 Å². The van der Waals surface area contributed by atoms with E-state index in [0.29, 0.717) is 12.1 Å². The first kappa shape index (κ1) is 21.4. The Labute approximate surface area is 177 Å². The molecule has 30 heavy (non-hydrogen) atoms.